The SMILES string of the molecule is CC(=O)C(O)C(O)C(C)CO. The molecule has 3 atom stereocenters. The molecule has 3 N–H and O–H groups in total. The van der Waals surface area contributed by atoms with Crippen molar-refractivity contribution in [3.8, 4) is 0 Å². The third-order valence-corrected chi connectivity index (χ3v) is 1.61. The van der Waals surface area contributed by atoms with Gasteiger partial charge in [0.1, 0.15) is 6.10 Å². The minimum atomic E-state index is -1.38. The van der Waals surface area contributed by atoms with Crippen molar-refractivity contribution in [2.24, 2.45) is 5.92 Å². The van der Waals surface area contributed by atoms with E-state index in [4.69, 9.17) is 15.3 Å². The first-order valence-electron chi connectivity index (χ1n) is 3.48. The molecule has 0 fully saturated rings. The molecule has 11 heavy (non-hydrogen) atoms. The van der Waals surface area contributed by atoms with Crippen molar-refractivity contribution in [1.82, 2.24) is 0 Å². The van der Waals surface area contributed by atoms with Gasteiger partial charge in [0.25, 0.3) is 0 Å². The smallest absolute Gasteiger partial charge is 0.160 e. The van der Waals surface area contributed by atoms with Crippen molar-refractivity contribution in [2.45, 2.75) is 26.1 Å². The summed E-state index contributed by atoms with van der Waals surface area (Å²) in [7, 11) is 0. The van der Waals surface area contributed by atoms with Crippen LogP contribution in [0.4, 0.5) is 0 Å². The molecular weight excluding hydrogens is 148 g/mol. The molecule has 0 aliphatic rings. The van der Waals surface area contributed by atoms with Gasteiger partial charge in [-0.15, -0.1) is 0 Å². The first-order valence-corrected chi connectivity index (χ1v) is 3.48. The molecule has 4 heteroatoms. The van der Waals surface area contributed by atoms with Gasteiger partial charge >= 0.3 is 0 Å². The zero-order valence-electron chi connectivity index (χ0n) is 6.69. The van der Waals surface area contributed by atoms with E-state index < -0.39 is 23.9 Å². The number of Topliss-reactive ketones (excluding diaryl/α,β-unsaturated/α-hetero) is 1. The summed E-state index contributed by atoms with van der Waals surface area (Å²) in [5.74, 6) is -0.966. The standard InChI is InChI=1S/C7H14O4/c1-4(3-8)6(10)7(11)5(2)9/h4,6-8,10-11H,3H2,1-2H3. The van der Waals surface area contributed by atoms with E-state index >= 15 is 0 Å². The molecule has 0 heterocycles. The maximum atomic E-state index is 10.5. The highest BCUT2D eigenvalue weighted by atomic mass is 16.3. The number of carbonyl (C=O) groups is 1. The van der Waals surface area contributed by atoms with Crippen molar-refractivity contribution >= 4 is 5.78 Å². The minimum absolute atomic E-state index is 0.245. The average molecular weight is 162 g/mol. The first-order chi connectivity index (χ1) is 5.00. The quantitative estimate of drug-likeness (QED) is 0.491. The molecule has 0 saturated carbocycles. The van der Waals surface area contributed by atoms with Crippen molar-refractivity contribution < 1.29 is 20.1 Å². The Balaban J connectivity index is 4.00. The summed E-state index contributed by atoms with van der Waals surface area (Å²) in [5.41, 5.74) is 0. The lowest BCUT2D eigenvalue weighted by atomic mass is 9.99. The molecule has 0 aromatic heterocycles. The topological polar surface area (TPSA) is 77.8 Å². The van der Waals surface area contributed by atoms with Gasteiger partial charge in [-0.1, -0.05) is 6.92 Å². The molecule has 0 radical (unpaired) electrons. The van der Waals surface area contributed by atoms with Crippen LogP contribution in [0.15, 0.2) is 0 Å². The van der Waals surface area contributed by atoms with Crippen LogP contribution in [0.2, 0.25) is 0 Å². The second kappa shape index (κ2) is 4.43. The van der Waals surface area contributed by atoms with Gasteiger partial charge in [0.2, 0.25) is 0 Å². The molecule has 66 valence electrons. The lowest BCUT2D eigenvalue weighted by Gasteiger charge is -2.19. The van der Waals surface area contributed by atoms with Crippen LogP contribution >= 0.6 is 0 Å². The summed E-state index contributed by atoms with van der Waals surface area (Å²) in [5, 5.41) is 26.7. The molecule has 0 aromatic carbocycles. The Bertz CT molecular complexity index is 134. The molecule has 0 rings (SSSR count). The molecule has 0 saturated heterocycles. The van der Waals surface area contributed by atoms with Gasteiger partial charge in [-0.3, -0.25) is 4.79 Å². The van der Waals surface area contributed by atoms with Gasteiger partial charge in [-0.05, 0) is 6.92 Å². The molecule has 0 aliphatic carbocycles. The van der Waals surface area contributed by atoms with Crippen molar-refractivity contribution in [1.29, 1.82) is 0 Å². The highest BCUT2D eigenvalue weighted by Gasteiger charge is 2.25. The van der Waals surface area contributed by atoms with Crippen LogP contribution in [-0.4, -0.2) is 39.9 Å². The van der Waals surface area contributed by atoms with E-state index in [1.807, 2.05) is 0 Å². The predicted molar refractivity (Wildman–Crippen MR) is 38.9 cm³/mol. The fraction of sp³-hybridized carbons (Fsp3) is 0.857. The van der Waals surface area contributed by atoms with Gasteiger partial charge in [0.15, 0.2) is 5.78 Å². The third kappa shape index (κ3) is 2.96. The van der Waals surface area contributed by atoms with Crippen LogP contribution in [0, 0.1) is 5.92 Å². The van der Waals surface area contributed by atoms with Crippen LogP contribution in [-0.2, 0) is 4.79 Å². The van der Waals surface area contributed by atoms with E-state index in [9.17, 15) is 4.79 Å². The Labute approximate surface area is 65.5 Å². The van der Waals surface area contributed by atoms with E-state index in [0.29, 0.717) is 0 Å². The number of rotatable bonds is 4. The van der Waals surface area contributed by atoms with Crippen LogP contribution in [0.1, 0.15) is 13.8 Å². The molecule has 0 amide bonds. The van der Waals surface area contributed by atoms with E-state index in [0.717, 1.165) is 0 Å². The molecule has 4 nitrogen and oxygen atoms in total. The molecule has 0 aliphatic heterocycles. The van der Waals surface area contributed by atoms with E-state index in [2.05, 4.69) is 0 Å². The number of carbonyl (C=O) groups excluding carboxylic acids is 1. The van der Waals surface area contributed by atoms with E-state index in [1.165, 1.54) is 6.92 Å². The number of aliphatic hydroxyl groups is 3. The van der Waals surface area contributed by atoms with Gasteiger partial charge in [0, 0.05) is 12.5 Å². The number of hydrogen-bond acceptors (Lipinski definition) is 4. The molecule has 0 aromatic rings. The molecular formula is C7H14O4. The van der Waals surface area contributed by atoms with Crippen LogP contribution in [0.5, 0.6) is 0 Å². The van der Waals surface area contributed by atoms with Gasteiger partial charge < -0.3 is 15.3 Å². The molecule has 0 spiro atoms. The Morgan fingerprint density at radius 3 is 2.18 bits per heavy atom. The fourth-order valence-electron chi connectivity index (χ4n) is 0.660. The monoisotopic (exact) mass is 162 g/mol. The zero-order chi connectivity index (χ0) is 9.02. The summed E-state index contributed by atoms with van der Waals surface area (Å²) < 4.78 is 0. The summed E-state index contributed by atoms with van der Waals surface area (Å²) >= 11 is 0. The van der Waals surface area contributed by atoms with Crippen LogP contribution in [0.25, 0.3) is 0 Å². The summed E-state index contributed by atoms with van der Waals surface area (Å²) in [6.45, 7) is 2.50. The maximum Gasteiger partial charge on any atom is 0.160 e. The number of ketones is 1. The van der Waals surface area contributed by atoms with E-state index in [1.54, 1.807) is 6.92 Å². The van der Waals surface area contributed by atoms with Crippen molar-refractivity contribution in [2.75, 3.05) is 6.61 Å². The highest BCUT2D eigenvalue weighted by Crippen LogP contribution is 2.06. The number of hydrogen-bond donors (Lipinski definition) is 3. The normalized spacial score (nSPS) is 19.0. The lowest BCUT2D eigenvalue weighted by Crippen LogP contribution is -2.38. The Kier molecular flexibility index (Phi) is 4.25. The Morgan fingerprint density at radius 1 is 1.45 bits per heavy atom. The third-order valence-electron chi connectivity index (χ3n) is 1.61. The molecule has 3 unspecified atom stereocenters. The minimum Gasteiger partial charge on any atom is -0.396 e. The Morgan fingerprint density at radius 2 is 1.91 bits per heavy atom. The lowest BCUT2D eigenvalue weighted by molar-refractivity contribution is -0.133. The predicted octanol–water partition coefficient (Wildman–Crippen LogP) is -1.07. The van der Waals surface area contributed by atoms with Gasteiger partial charge in [0.05, 0.1) is 6.10 Å². The van der Waals surface area contributed by atoms with Crippen LogP contribution < -0.4 is 0 Å². The summed E-state index contributed by atoms with van der Waals surface area (Å²) in [6.07, 6.45) is -2.55. The van der Waals surface area contributed by atoms with Crippen LogP contribution in [0.3, 0.4) is 0 Å². The van der Waals surface area contributed by atoms with Gasteiger partial charge in [-0.2, -0.15) is 0 Å². The van der Waals surface area contributed by atoms with Crippen molar-refractivity contribution in [3.05, 3.63) is 0 Å². The van der Waals surface area contributed by atoms with E-state index in [-0.39, 0.29) is 6.61 Å². The second-order valence-corrected chi connectivity index (χ2v) is 2.71. The Hall–Kier alpha value is -0.450. The highest BCUT2D eigenvalue weighted by molar-refractivity contribution is 5.80. The zero-order valence-corrected chi connectivity index (χ0v) is 6.69. The first kappa shape index (κ1) is 10.6. The summed E-state index contributed by atoms with van der Waals surface area (Å²) in [4.78, 5) is 10.5. The largest absolute Gasteiger partial charge is 0.396 e. The second-order valence-electron chi connectivity index (χ2n) is 2.71. The maximum absolute atomic E-state index is 10.5. The average Bonchev–Trinajstić information content (AvgIpc) is 2.00. The number of aliphatic hydroxyl groups excluding tert-OH is 3. The van der Waals surface area contributed by atoms with Gasteiger partial charge in [-0.25, -0.2) is 0 Å². The fourth-order valence-corrected chi connectivity index (χ4v) is 0.660. The van der Waals surface area contributed by atoms with Crippen molar-refractivity contribution in [3.63, 3.8) is 0 Å². The molecule has 0 bridgehead atoms. The summed E-state index contributed by atoms with van der Waals surface area (Å²) in [6, 6.07) is 0.